The minimum Gasteiger partial charge on any atom is -0.324 e. The summed E-state index contributed by atoms with van der Waals surface area (Å²) in [5.74, 6) is 0. The van der Waals surface area contributed by atoms with Crippen molar-refractivity contribution in [2.75, 3.05) is 0 Å². The molecule has 3 heterocycles. The number of hydrogen-bond donors (Lipinski definition) is 4. The highest BCUT2D eigenvalue weighted by Crippen LogP contribution is 2.39. The molecule has 12 heteroatoms. The zero-order chi connectivity index (χ0) is 19.7. The minimum atomic E-state index is -4.19. The molecule has 27 heavy (non-hydrogen) atoms. The first kappa shape index (κ1) is 19.7. The molecule has 0 aromatic carbocycles. The van der Waals surface area contributed by atoms with Crippen molar-refractivity contribution in [1.29, 1.82) is 0 Å². The summed E-state index contributed by atoms with van der Waals surface area (Å²) in [6, 6.07) is 6.14. The number of rotatable bonds is 6. The summed E-state index contributed by atoms with van der Waals surface area (Å²) in [5, 5.41) is 8.12. The highest BCUT2D eigenvalue weighted by molar-refractivity contribution is 7.51. The van der Waals surface area contributed by atoms with Gasteiger partial charge in [0.15, 0.2) is 0 Å². The van der Waals surface area contributed by atoms with Gasteiger partial charge in [-0.15, -0.1) is 0 Å². The van der Waals surface area contributed by atoms with Crippen molar-refractivity contribution in [3.63, 3.8) is 0 Å². The Bertz CT molecular complexity index is 945. The number of pyridine rings is 2. The van der Waals surface area contributed by atoms with E-state index in [1.807, 2.05) is 0 Å². The van der Waals surface area contributed by atoms with Crippen molar-refractivity contribution in [2.24, 2.45) is 10.2 Å². The molecule has 0 aliphatic carbocycles. The zero-order valence-corrected chi connectivity index (χ0v) is 15.7. The van der Waals surface area contributed by atoms with Crippen LogP contribution in [-0.4, -0.2) is 41.0 Å². The number of aromatic nitrogens is 2. The molecule has 0 saturated heterocycles. The van der Waals surface area contributed by atoms with Gasteiger partial charge in [0.1, 0.15) is 0 Å². The Labute approximate surface area is 154 Å². The molecule has 0 unspecified atom stereocenters. The van der Waals surface area contributed by atoms with E-state index in [-0.39, 0.29) is 0 Å². The fraction of sp³-hybridized carbons (Fsp3) is 0.200. The van der Waals surface area contributed by atoms with Crippen LogP contribution < -0.4 is 0 Å². The molecule has 3 rings (SSSR count). The largest absolute Gasteiger partial charge is 0.329 e. The highest BCUT2D eigenvalue weighted by atomic mass is 31.2. The summed E-state index contributed by atoms with van der Waals surface area (Å²) in [7, 11) is -8.38. The van der Waals surface area contributed by atoms with Crippen molar-refractivity contribution in [3.05, 3.63) is 59.2 Å². The van der Waals surface area contributed by atoms with Crippen molar-refractivity contribution in [1.82, 2.24) is 9.97 Å². The molecular formula is C15H16N4O6P2. The van der Waals surface area contributed by atoms with Gasteiger partial charge >= 0.3 is 15.2 Å². The zero-order valence-electron chi connectivity index (χ0n) is 13.9. The lowest BCUT2D eigenvalue weighted by atomic mass is 10.1. The monoisotopic (exact) mass is 410 g/mol. The Morgan fingerprint density at radius 2 is 1.19 bits per heavy atom. The second-order valence-corrected chi connectivity index (χ2v) is 9.31. The summed E-state index contributed by atoms with van der Waals surface area (Å²) in [6.07, 6.45) is 2.39. The van der Waals surface area contributed by atoms with Crippen LogP contribution in [0.1, 0.15) is 28.9 Å². The van der Waals surface area contributed by atoms with Crippen molar-refractivity contribution in [2.45, 2.75) is 18.7 Å². The van der Waals surface area contributed by atoms with E-state index in [4.69, 9.17) is 19.6 Å². The van der Waals surface area contributed by atoms with E-state index in [1.54, 1.807) is 12.1 Å². The van der Waals surface area contributed by atoms with E-state index >= 15 is 0 Å². The molecular weight excluding hydrogens is 394 g/mol. The van der Waals surface area contributed by atoms with E-state index in [0.717, 1.165) is 0 Å². The average molecular weight is 410 g/mol. The van der Waals surface area contributed by atoms with E-state index in [1.165, 1.54) is 24.5 Å². The fourth-order valence-electron chi connectivity index (χ4n) is 2.57. The molecule has 0 saturated carbocycles. The molecule has 2 aromatic rings. The lowest BCUT2D eigenvalue weighted by Gasteiger charge is -2.07. The molecule has 4 N–H and O–H groups in total. The average Bonchev–Trinajstić information content (AvgIpc) is 3.02. The molecule has 2 aromatic heterocycles. The van der Waals surface area contributed by atoms with Gasteiger partial charge in [-0.1, -0.05) is 0 Å². The quantitative estimate of drug-likeness (QED) is 0.519. The van der Waals surface area contributed by atoms with Gasteiger partial charge in [0, 0.05) is 18.8 Å². The Morgan fingerprint density at radius 3 is 1.56 bits per heavy atom. The molecule has 0 radical (unpaired) electrons. The van der Waals surface area contributed by atoms with Gasteiger partial charge in [0.05, 0.1) is 35.1 Å². The topological polar surface area (TPSA) is 166 Å². The summed E-state index contributed by atoms with van der Waals surface area (Å²) < 4.78 is 22.3. The molecule has 1 aliphatic rings. The smallest absolute Gasteiger partial charge is 0.324 e. The predicted molar refractivity (Wildman–Crippen MR) is 97.7 cm³/mol. The van der Waals surface area contributed by atoms with Gasteiger partial charge in [0.2, 0.25) is 0 Å². The third-order valence-electron chi connectivity index (χ3n) is 3.64. The maximum atomic E-state index is 11.2. The molecule has 0 spiro atoms. The second-order valence-electron chi connectivity index (χ2n) is 6.01. The summed E-state index contributed by atoms with van der Waals surface area (Å²) in [6.45, 7) is 0. The Morgan fingerprint density at radius 1 is 0.778 bits per heavy atom. The van der Waals surface area contributed by atoms with Crippen molar-refractivity contribution < 1.29 is 28.7 Å². The Hall–Kier alpha value is -2.06. The maximum absolute atomic E-state index is 11.2. The van der Waals surface area contributed by atoms with Crippen LogP contribution in [0.4, 0.5) is 0 Å². The standard InChI is InChI=1S/C15H16N4O6P2/c20-26(21,22)8-10-1-3-16-12(5-10)14-7-15(19-18-14)13-6-11(2-4-17-13)9-27(23,24)25/h1-6H,7-9H2,(H2,20,21,22)(H2,23,24,25). The van der Waals surface area contributed by atoms with Gasteiger partial charge in [-0.05, 0) is 35.4 Å². The first-order valence-corrected chi connectivity index (χ1v) is 11.3. The molecule has 1 aliphatic heterocycles. The van der Waals surface area contributed by atoms with Crippen LogP contribution in [0.25, 0.3) is 0 Å². The molecule has 0 bridgehead atoms. The van der Waals surface area contributed by atoms with Crippen molar-refractivity contribution in [3.8, 4) is 0 Å². The van der Waals surface area contributed by atoms with Crippen LogP contribution >= 0.6 is 15.2 Å². The van der Waals surface area contributed by atoms with Crippen LogP contribution in [0.15, 0.2) is 46.9 Å². The molecule has 0 amide bonds. The molecule has 10 nitrogen and oxygen atoms in total. The van der Waals surface area contributed by atoms with E-state index < -0.39 is 27.5 Å². The summed E-state index contributed by atoms with van der Waals surface area (Å²) >= 11 is 0. The minimum absolute atomic E-state index is 0.290. The Balaban J connectivity index is 1.75. The van der Waals surface area contributed by atoms with Crippen LogP contribution in [0.5, 0.6) is 0 Å². The van der Waals surface area contributed by atoms with Crippen LogP contribution in [0.2, 0.25) is 0 Å². The maximum Gasteiger partial charge on any atom is 0.329 e. The molecule has 142 valence electrons. The van der Waals surface area contributed by atoms with E-state index in [0.29, 0.717) is 40.4 Å². The van der Waals surface area contributed by atoms with Gasteiger partial charge in [-0.3, -0.25) is 19.1 Å². The summed E-state index contributed by atoms with van der Waals surface area (Å²) in [5.41, 5.74) is 2.80. The first-order valence-electron chi connectivity index (χ1n) is 7.72. The lowest BCUT2D eigenvalue weighted by molar-refractivity contribution is 0.369. The van der Waals surface area contributed by atoms with E-state index in [2.05, 4.69) is 20.2 Å². The van der Waals surface area contributed by atoms with Gasteiger partial charge in [-0.2, -0.15) is 10.2 Å². The van der Waals surface area contributed by atoms with E-state index in [9.17, 15) is 9.13 Å². The van der Waals surface area contributed by atoms with Crippen LogP contribution in [0, 0.1) is 0 Å². The Kier molecular flexibility index (Phi) is 5.48. The summed E-state index contributed by atoms with van der Waals surface area (Å²) in [4.78, 5) is 44.7. The van der Waals surface area contributed by atoms with Gasteiger partial charge in [0.25, 0.3) is 0 Å². The predicted octanol–water partition coefficient (Wildman–Crippen LogP) is 1.43. The molecule has 0 atom stereocenters. The third-order valence-corrected chi connectivity index (χ3v) is 5.20. The molecule has 0 fully saturated rings. The normalized spacial score (nSPS) is 14.8. The second kappa shape index (κ2) is 7.52. The first-order chi connectivity index (χ1) is 12.6. The van der Waals surface area contributed by atoms with Gasteiger partial charge in [-0.25, -0.2) is 0 Å². The number of hydrogen-bond acceptors (Lipinski definition) is 6. The fourth-order valence-corrected chi connectivity index (χ4v) is 3.91. The van der Waals surface area contributed by atoms with Crippen LogP contribution in [-0.2, 0) is 21.5 Å². The van der Waals surface area contributed by atoms with Crippen LogP contribution in [0.3, 0.4) is 0 Å². The highest BCUT2D eigenvalue weighted by Gasteiger charge is 2.21. The third kappa shape index (κ3) is 5.71. The lowest BCUT2D eigenvalue weighted by Crippen LogP contribution is -2.09. The SMILES string of the molecule is O=P(O)(O)Cc1ccnc(C2=NN=C(c3cc(CP(=O)(O)O)ccn3)C2)c1. The van der Waals surface area contributed by atoms with Crippen molar-refractivity contribution >= 4 is 26.6 Å². The number of nitrogens with zero attached hydrogens (tertiary/aromatic N) is 4. The van der Waals surface area contributed by atoms with Gasteiger partial charge < -0.3 is 19.6 Å².